The van der Waals surface area contributed by atoms with Gasteiger partial charge in [-0.05, 0) is 18.1 Å². The monoisotopic (exact) mass is 210 g/mol. The molecule has 0 heterocycles. The lowest BCUT2D eigenvalue weighted by molar-refractivity contribution is 0.171. The molecule has 0 radical (unpaired) electrons. The summed E-state index contributed by atoms with van der Waals surface area (Å²) in [6.07, 6.45) is 1.52. The Morgan fingerprint density at radius 2 is 2.00 bits per heavy atom. The molecule has 0 aromatic heterocycles. The van der Waals surface area contributed by atoms with Crippen molar-refractivity contribution in [2.75, 3.05) is 26.9 Å². The maximum absolute atomic E-state index is 8.88. The molecule has 0 unspecified atom stereocenters. The molecule has 0 aliphatic heterocycles. The second-order valence-electron chi connectivity index (χ2n) is 3.28. The predicted molar refractivity (Wildman–Crippen MR) is 59.2 cm³/mol. The zero-order valence-corrected chi connectivity index (χ0v) is 9.11. The molecular weight excluding hydrogens is 192 g/mol. The van der Waals surface area contributed by atoms with Crippen LogP contribution in [0.15, 0.2) is 24.3 Å². The summed E-state index contributed by atoms with van der Waals surface area (Å²) in [4.78, 5) is 0. The molecule has 0 saturated heterocycles. The molecule has 0 aliphatic carbocycles. The molecule has 0 saturated carbocycles. The molecule has 1 N–H and O–H groups in total. The molecule has 15 heavy (non-hydrogen) atoms. The molecule has 3 nitrogen and oxygen atoms in total. The molecule has 1 aromatic rings. The second-order valence-corrected chi connectivity index (χ2v) is 3.28. The van der Waals surface area contributed by atoms with Crippen LogP contribution in [0.3, 0.4) is 0 Å². The summed E-state index contributed by atoms with van der Waals surface area (Å²) in [5.41, 5.74) is 1.05. The van der Waals surface area contributed by atoms with Crippen LogP contribution in [0.25, 0.3) is 0 Å². The van der Waals surface area contributed by atoms with Crippen LogP contribution in [0, 0.1) is 0 Å². The number of methoxy groups -OCH3 is 1. The highest BCUT2D eigenvalue weighted by Gasteiger charge is 2.01. The molecule has 3 heteroatoms. The van der Waals surface area contributed by atoms with Gasteiger partial charge in [-0.3, -0.25) is 0 Å². The first-order chi connectivity index (χ1) is 7.38. The molecule has 0 aliphatic rings. The van der Waals surface area contributed by atoms with Crippen LogP contribution in [0.5, 0.6) is 5.75 Å². The van der Waals surface area contributed by atoms with E-state index >= 15 is 0 Å². The Morgan fingerprint density at radius 3 is 2.73 bits per heavy atom. The fourth-order valence-electron chi connectivity index (χ4n) is 1.36. The molecule has 0 bridgehead atoms. The van der Waals surface area contributed by atoms with E-state index in [1.165, 1.54) is 0 Å². The number of benzene rings is 1. The molecular formula is C12H18O3. The summed E-state index contributed by atoms with van der Waals surface area (Å²) < 4.78 is 10.5. The van der Waals surface area contributed by atoms with Gasteiger partial charge in [-0.15, -0.1) is 0 Å². The van der Waals surface area contributed by atoms with Crippen molar-refractivity contribution in [3.05, 3.63) is 29.8 Å². The Bertz CT molecular complexity index is 273. The molecule has 0 atom stereocenters. The Hall–Kier alpha value is -1.06. The fraction of sp³-hybridized carbons (Fsp3) is 0.500. The second kappa shape index (κ2) is 7.26. The van der Waals surface area contributed by atoms with E-state index in [2.05, 4.69) is 0 Å². The van der Waals surface area contributed by atoms with Crippen LogP contribution in [0.4, 0.5) is 0 Å². The number of ether oxygens (including phenoxy) is 2. The highest BCUT2D eigenvalue weighted by molar-refractivity contribution is 5.33. The summed E-state index contributed by atoms with van der Waals surface area (Å²) in [6, 6.07) is 7.79. The number of rotatable bonds is 7. The maximum atomic E-state index is 8.88. The van der Waals surface area contributed by atoms with Gasteiger partial charge in [0.2, 0.25) is 0 Å². The average molecular weight is 210 g/mol. The zero-order chi connectivity index (χ0) is 10.9. The highest BCUT2D eigenvalue weighted by atomic mass is 16.5. The van der Waals surface area contributed by atoms with E-state index in [-0.39, 0.29) is 6.61 Å². The van der Waals surface area contributed by atoms with Gasteiger partial charge in [0.25, 0.3) is 0 Å². The first-order valence-corrected chi connectivity index (χ1v) is 5.19. The minimum absolute atomic E-state index is 0.151. The predicted octanol–water partition coefficient (Wildman–Crippen LogP) is 1.64. The SMILES string of the molecule is COCCCOc1ccccc1CCO. The minimum atomic E-state index is 0.151. The Balaban J connectivity index is 2.44. The Labute approximate surface area is 90.6 Å². The van der Waals surface area contributed by atoms with Crippen molar-refractivity contribution in [2.45, 2.75) is 12.8 Å². The van der Waals surface area contributed by atoms with Gasteiger partial charge in [0.05, 0.1) is 6.61 Å². The van der Waals surface area contributed by atoms with Crippen LogP contribution < -0.4 is 4.74 Å². The molecule has 0 amide bonds. The van der Waals surface area contributed by atoms with E-state index in [4.69, 9.17) is 14.6 Å². The summed E-state index contributed by atoms with van der Waals surface area (Å²) in [7, 11) is 1.68. The number of hydrogen-bond acceptors (Lipinski definition) is 3. The van der Waals surface area contributed by atoms with E-state index < -0.39 is 0 Å². The van der Waals surface area contributed by atoms with E-state index in [0.29, 0.717) is 19.6 Å². The lowest BCUT2D eigenvalue weighted by atomic mass is 10.1. The Morgan fingerprint density at radius 1 is 1.20 bits per heavy atom. The van der Waals surface area contributed by atoms with Crippen molar-refractivity contribution in [3.63, 3.8) is 0 Å². The van der Waals surface area contributed by atoms with Crippen molar-refractivity contribution in [3.8, 4) is 5.75 Å². The topological polar surface area (TPSA) is 38.7 Å². The first kappa shape index (κ1) is 12.0. The van der Waals surface area contributed by atoms with Crippen molar-refractivity contribution in [1.82, 2.24) is 0 Å². The smallest absolute Gasteiger partial charge is 0.122 e. The van der Waals surface area contributed by atoms with Gasteiger partial charge in [-0.1, -0.05) is 18.2 Å². The molecule has 1 aromatic carbocycles. The van der Waals surface area contributed by atoms with E-state index in [0.717, 1.165) is 17.7 Å². The van der Waals surface area contributed by atoms with Crippen molar-refractivity contribution >= 4 is 0 Å². The summed E-state index contributed by atoms with van der Waals surface area (Å²) in [5.74, 6) is 0.864. The van der Waals surface area contributed by atoms with Crippen LogP contribution in [0.2, 0.25) is 0 Å². The van der Waals surface area contributed by atoms with Gasteiger partial charge in [0, 0.05) is 26.7 Å². The Kier molecular flexibility index (Phi) is 5.81. The van der Waals surface area contributed by atoms with Crippen molar-refractivity contribution in [2.24, 2.45) is 0 Å². The average Bonchev–Trinajstić information content (AvgIpc) is 2.27. The van der Waals surface area contributed by atoms with Gasteiger partial charge < -0.3 is 14.6 Å². The first-order valence-electron chi connectivity index (χ1n) is 5.19. The van der Waals surface area contributed by atoms with Crippen molar-refractivity contribution in [1.29, 1.82) is 0 Å². The van der Waals surface area contributed by atoms with Gasteiger partial charge in [0.1, 0.15) is 5.75 Å². The van der Waals surface area contributed by atoms with Crippen LogP contribution in [-0.4, -0.2) is 32.0 Å². The lowest BCUT2D eigenvalue weighted by Gasteiger charge is -2.10. The molecule has 0 spiro atoms. The minimum Gasteiger partial charge on any atom is -0.493 e. The number of aliphatic hydroxyl groups excluding tert-OH is 1. The maximum Gasteiger partial charge on any atom is 0.122 e. The number of hydrogen-bond donors (Lipinski definition) is 1. The van der Waals surface area contributed by atoms with E-state index in [9.17, 15) is 0 Å². The van der Waals surface area contributed by atoms with Gasteiger partial charge in [0.15, 0.2) is 0 Å². The largest absolute Gasteiger partial charge is 0.493 e. The number of para-hydroxylation sites is 1. The quantitative estimate of drug-likeness (QED) is 0.695. The molecule has 1 rings (SSSR count). The standard InChI is InChI=1S/C12H18O3/c1-14-9-4-10-15-12-6-3-2-5-11(12)7-8-13/h2-3,5-6,13H,4,7-10H2,1H3. The highest BCUT2D eigenvalue weighted by Crippen LogP contribution is 2.18. The third-order valence-corrected chi connectivity index (χ3v) is 2.10. The lowest BCUT2D eigenvalue weighted by Crippen LogP contribution is -2.04. The summed E-state index contributed by atoms with van der Waals surface area (Å²) in [5, 5.41) is 8.88. The fourth-order valence-corrected chi connectivity index (χ4v) is 1.36. The van der Waals surface area contributed by atoms with Crippen molar-refractivity contribution < 1.29 is 14.6 Å². The van der Waals surface area contributed by atoms with Gasteiger partial charge in [-0.2, -0.15) is 0 Å². The summed E-state index contributed by atoms with van der Waals surface area (Å²) in [6.45, 7) is 1.51. The number of aliphatic hydroxyl groups is 1. The van der Waals surface area contributed by atoms with Crippen LogP contribution >= 0.6 is 0 Å². The molecule has 84 valence electrons. The normalized spacial score (nSPS) is 10.3. The third kappa shape index (κ3) is 4.32. The zero-order valence-electron chi connectivity index (χ0n) is 9.11. The van der Waals surface area contributed by atoms with E-state index in [1.807, 2.05) is 24.3 Å². The third-order valence-electron chi connectivity index (χ3n) is 2.10. The van der Waals surface area contributed by atoms with Gasteiger partial charge in [-0.25, -0.2) is 0 Å². The van der Waals surface area contributed by atoms with Crippen LogP contribution in [-0.2, 0) is 11.2 Å². The molecule has 0 fully saturated rings. The van der Waals surface area contributed by atoms with Gasteiger partial charge >= 0.3 is 0 Å². The van der Waals surface area contributed by atoms with Crippen LogP contribution in [0.1, 0.15) is 12.0 Å². The summed E-state index contributed by atoms with van der Waals surface area (Å²) >= 11 is 0. The van der Waals surface area contributed by atoms with E-state index in [1.54, 1.807) is 7.11 Å².